The Morgan fingerprint density at radius 1 is 1.03 bits per heavy atom. The number of rotatable bonds is 12. The molecule has 0 aliphatic carbocycles. The van der Waals surface area contributed by atoms with Gasteiger partial charge < -0.3 is 14.6 Å². The van der Waals surface area contributed by atoms with Crippen LogP contribution in [0.5, 0.6) is 5.75 Å². The lowest BCUT2D eigenvalue weighted by atomic mass is 9.99. The Morgan fingerprint density at radius 2 is 1.83 bits per heavy atom. The first-order valence-electron chi connectivity index (χ1n) is 13.1. The Balaban J connectivity index is 1.30. The van der Waals surface area contributed by atoms with Crippen molar-refractivity contribution >= 4 is 16.9 Å². The van der Waals surface area contributed by atoms with Crippen LogP contribution < -0.4 is 10.1 Å². The van der Waals surface area contributed by atoms with Gasteiger partial charge in [-0.05, 0) is 74.1 Å². The van der Waals surface area contributed by atoms with Crippen LogP contribution in [0.1, 0.15) is 66.3 Å². The number of nitrogens with one attached hydrogen (secondary N) is 1. The fraction of sp³-hybridized carbons (Fsp3) is 0.355. The molecule has 5 nitrogen and oxygen atoms in total. The molecule has 0 aliphatic rings. The predicted octanol–water partition coefficient (Wildman–Crippen LogP) is 6.69. The molecule has 0 spiro atoms. The first-order valence-corrected chi connectivity index (χ1v) is 13.1. The summed E-state index contributed by atoms with van der Waals surface area (Å²) in [6, 6.07) is 24.4. The number of fused-ring (bicyclic) bond motifs is 1. The van der Waals surface area contributed by atoms with Crippen LogP contribution in [0.4, 0.5) is 0 Å². The molecule has 5 heteroatoms. The molecule has 1 amide bonds. The summed E-state index contributed by atoms with van der Waals surface area (Å²) in [5, 5.41) is 3.04. The monoisotopic (exact) mass is 483 g/mol. The van der Waals surface area contributed by atoms with Gasteiger partial charge in [-0.2, -0.15) is 0 Å². The number of benzene rings is 3. The smallest absolute Gasteiger partial charge is 0.251 e. The van der Waals surface area contributed by atoms with Gasteiger partial charge in [0.25, 0.3) is 5.91 Å². The fourth-order valence-electron chi connectivity index (χ4n) is 4.44. The number of nitrogens with zero attached hydrogens (tertiary/aromatic N) is 2. The van der Waals surface area contributed by atoms with Crippen molar-refractivity contribution in [3.63, 3.8) is 0 Å². The maximum absolute atomic E-state index is 12.4. The highest BCUT2D eigenvalue weighted by molar-refractivity contribution is 5.94. The number of hydrogen-bond donors (Lipinski definition) is 1. The Morgan fingerprint density at radius 3 is 2.61 bits per heavy atom. The minimum absolute atomic E-state index is 0.0264. The zero-order valence-corrected chi connectivity index (χ0v) is 21.7. The quantitative estimate of drug-likeness (QED) is 0.228. The Kier molecular flexibility index (Phi) is 8.77. The molecule has 0 aliphatic heterocycles. The number of hydrogen-bond acceptors (Lipinski definition) is 3. The topological polar surface area (TPSA) is 56.1 Å². The maximum Gasteiger partial charge on any atom is 0.251 e. The highest BCUT2D eigenvalue weighted by Gasteiger charge is 2.11. The van der Waals surface area contributed by atoms with Crippen LogP contribution in [-0.2, 0) is 13.0 Å². The molecule has 0 radical (unpaired) electrons. The summed E-state index contributed by atoms with van der Waals surface area (Å²) in [5.74, 6) is 2.52. The zero-order valence-electron chi connectivity index (χ0n) is 21.7. The van der Waals surface area contributed by atoms with E-state index in [0.717, 1.165) is 60.4 Å². The van der Waals surface area contributed by atoms with E-state index >= 15 is 0 Å². The lowest BCUT2D eigenvalue weighted by molar-refractivity contribution is 0.0953. The predicted molar refractivity (Wildman–Crippen MR) is 147 cm³/mol. The van der Waals surface area contributed by atoms with Crippen LogP contribution >= 0.6 is 0 Å². The highest BCUT2D eigenvalue weighted by atomic mass is 16.5. The molecule has 1 heterocycles. The molecule has 3 aromatic carbocycles. The van der Waals surface area contributed by atoms with Gasteiger partial charge in [-0.3, -0.25) is 4.79 Å². The number of para-hydroxylation sites is 2. The van der Waals surface area contributed by atoms with Crippen LogP contribution in [0.3, 0.4) is 0 Å². The molecule has 4 rings (SSSR count). The summed E-state index contributed by atoms with van der Waals surface area (Å²) in [4.78, 5) is 17.3. The number of aromatic nitrogens is 2. The van der Waals surface area contributed by atoms with E-state index in [1.807, 2.05) is 37.3 Å². The average Bonchev–Trinajstić information content (AvgIpc) is 3.26. The standard InChI is InChI=1S/C31H37N3O2/c1-4-24(3)25-15-17-27(18-16-25)36-21-9-20-34-29-13-6-5-12-28(29)33-30(34)14-8-19-32-31(35)26-11-7-10-23(2)22-26/h5-7,10-13,15-18,22,24H,4,8-9,14,19-21H2,1-3H3,(H,32,35). The summed E-state index contributed by atoms with van der Waals surface area (Å²) in [5.41, 5.74) is 5.31. The molecule has 1 aromatic heterocycles. The summed E-state index contributed by atoms with van der Waals surface area (Å²) in [6.07, 6.45) is 3.67. The number of amides is 1. The van der Waals surface area contributed by atoms with Crippen molar-refractivity contribution in [2.75, 3.05) is 13.2 Å². The van der Waals surface area contributed by atoms with Gasteiger partial charge >= 0.3 is 0 Å². The molecule has 0 bridgehead atoms. The average molecular weight is 484 g/mol. The van der Waals surface area contributed by atoms with Gasteiger partial charge in [0.05, 0.1) is 17.6 Å². The Hall–Kier alpha value is -3.60. The van der Waals surface area contributed by atoms with Crippen LogP contribution in [0, 0.1) is 6.92 Å². The Bertz CT molecular complexity index is 1280. The van der Waals surface area contributed by atoms with E-state index in [9.17, 15) is 4.79 Å². The molecule has 188 valence electrons. The van der Waals surface area contributed by atoms with E-state index in [1.165, 1.54) is 5.56 Å². The SMILES string of the molecule is CCC(C)c1ccc(OCCCn2c(CCCNC(=O)c3cccc(C)c3)nc3ccccc32)cc1. The lowest BCUT2D eigenvalue weighted by Crippen LogP contribution is -2.25. The van der Waals surface area contributed by atoms with Crippen molar-refractivity contribution in [3.8, 4) is 5.75 Å². The minimum atomic E-state index is -0.0264. The van der Waals surface area contributed by atoms with Crippen LogP contribution in [0.2, 0.25) is 0 Å². The fourth-order valence-corrected chi connectivity index (χ4v) is 4.44. The van der Waals surface area contributed by atoms with E-state index in [1.54, 1.807) is 0 Å². The van der Waals surface area contributed by atoms with E-state index in [4.69, 9.17) is 9.72 Å². The van der Waals surface area contributed by atoms with Gasteiger partial charge in [0.2, 0.25) is 0 Å². The molecule has 0 saturated heterocycles. The van der Waals surface area contributed by atoms with Crippen molar-refractivity contribution in [2.45, 2.75) is 58.9 Å². The van der Waals surface area contributed by atoms with Gasteiger partial charge in [-0.1, -0.05) is 55.8 Å². The maximum atomic E-state index is 12.4. The number of imidazole rings is 1. The number of ether oxygens (including phenoxy) is 1. The summed E-state index contributed by atoms with van der Waals surface area (Å²) in [6.45, 7) is 8.57. The third-order valence-electron chi connectivity index (χ3n) is 6.73. The van der Waals surface area contributed by atoms with Crippen LogP contribution in [0.15, 0.2) is 72.8 Å². The van der Waals surface area contributed by atoms with Gasteiger partial charge in [0, 0.05) is 25.1 Å². The first kappa shape index (κ1) is 25.5. The largest absolute Gasteiger partial charge is 0.494 e. The third kappa shape index (κ3) is 6.54. The van der Waals surface area contributed by atoms with Crippen molar-refractivity contribution in [2.24, 2.45) is 0 Å². The molecular formula is C31H37N3O2. The molecule has 0 saturated carbocycles. The van der Waals surface area contributed by atoms with Crippen molar-refractivity contribution < 1.29 is 9.53 Å². The molecular weight excluding hydrogens is 446 g/mol. The second-order valence-electron chi connectivity index (χ2n) is 9.48. The second-order valence-corrected chi connectivity index (χ2v) is 9.48. The summed E-state index contributed by atoms with van der Waals surface area (Å²) in [7, 11) is 0. The Labute approximate surface area is 214 Å². The first-order chi connectivity index (χ1) is 17.5. The highest BCUT2D eigenvalue weighted by Crippen LogP contribution is 2.22. The molecule has 0 fully saturated rings. The summed E-state index contributed by atoms with van der Waals surface area (Å²) < 4.78 is 8.32. The minimum Gasteiger partial charge on any atom is -0.494 e. The normalized spacial score (nSPS) is 12.0. The second kappa shape index (κ2) is 12.4. The van der Waals surface area contributed by atoms with Gasteiger partial charge in [-0.15, -0.1) is 0 Å². The van der Waals surface area contributed by atoms with E-state index in [0.29, 0.717) is 24.6 Å². The molecule has 4 aromatic rings. The van der Waals surface area contributed by atoms with E-state index < -0.39 is 0 Å². The number of carbonyl (C=O) groups excluding carboxylic acids is 1. The molecule has 1 N–H and O–H groups in total. The number of aryl methyl sites for hydroxylation is 3. The van der Waals surface area contributed by atoms with Gasteiger partial charge in [0.1, 0.15) is 11.6 Å². The zero-order chi connectivity index (χ0) is 25.3. The number of carbonyl (C=O) groups is 1. The lowest BCUT2D eigenvalue weighted by Gasteiger charge is -2.12. The van der Waals surface area contributed by atoms with Gasteiger partial charge in [-0.25, -0.2) is 4.98 Å². The van der Waals surface area contributed by atoms with Gasteiger partial charge in [0.15, 0.2) is 0 Å². The molecule has 36 heavy (non-hydrogen) atoms. The third-order valence-corrected chi connectivity index (χ3v) is 6.73. The van der Waals surface area contributed by atoms with E-state index in [-0.39, 0.29) is 5.91 Å². The van der Waals surface area contributed by atoms with Crippen LogP contribution in [-0.4, -0.2) is 28.6 Å². The van der Waals surface area contributed by atoms with Crippen molar-refractivity contribution in [1.82, 2.24) is 14.9 Å². The molecule has 1 atom stereocenters. The van der Waals surface area contributed by atoms with Crippen molar-refractivity contribution in [3.05, 3.63) is 95.3 Å². The van der Waals surface area contributed by atoms with Crippen LogP contribution in [0.25, 0.3) is 11.0 Å². The van der Waals surface area contributed by atoms with Crippen molar-refractivity contribution in [1.29, 1.82) is 0 Å². The molecule has 1 unspecified atom stereocenters. The summed E-state index contributed by atoms with van der Waals surface area (Å²) >= 11 is 0. The van der Waals surface area contributed by atoms with E-state index in [2.05, 4.69) is 66.2 Å².